The first-order chi connectivity index (χ1) is 10.1. The fraction of sp³-hybridized carbons (Fsp3) is 0.667. The van der Waals surface area contributed by atoms with E-state index >= 15 is 0 Å². The fourth-order valence-corrected chi connectivity index (χ4v) is 3.11. The van der Waals surface area contributed by atoms with Gasteiger partial charge in [0.05, 0.1) is 7.11 Å². The summed E-state index contributed by atoms with van der Waals surface area (Å²) in [4.78, 5) is 2.62. The van der Waals surface area contributed by atoms with Crippen molar-refractivity contribution in [2.75, 3.05) is 26.7 Å². The predicted molar refractivity (Wildman–Crippen MR) is 88.8 cm³/mol. The van der Waals surface area contributed by atoms with Gasteiger partial charge in [0.15, 0.2) is 0 Å². The van der Waals surface area contributed by atoms with Crippen LogP contribution in [0.1, 0.15) is 45.2 Å². The lowest BCUT2D eigenvalue weighted by molar-refractivity contribution is 0.129. The highest BCUT2D eigenvalue weighted by atomic mass is 16.5. The van der Waals surface area contributed by atoms with Crippen LogP contribution in [0.2, 0.25) is 0 Å². The second kappa shape index (κ2) is 7.81. The van der Waals surface area contributed by atoms with Crippen molar-refractivity contribution in [3.05, 3.63) is 29.8 Å². The lowest BCUT2D eigenvalue weighted by Crippen LogP contribution is -2.41. The number of piperidine rings is 1. The summed E-state index contributed by atoms with van der Waals surface area (Å²) < 4.78 is 5.24. The number of hydrogen-bond acceptors (Lipinski definition) is 3. The van der Waals surface area contributed by atoms with Gasteiger partial charge in [0.2, 0.25) is 0 Å². The first kappa shape index (κ1) is 16.3. The molecule has 0 amide bonds. The number of nitrogens with zero attached hydrogens (tertiary/aromatic N) is 1. The average molecular weight is 290 g/mol. The van der Waals surface area contributed by atoms with Crippen LogP contribution in [0.15, 0.2) is 24.3 Å². The van der Waals surface area contributed by atoms with E-state index < -0.39 is 0 Å². The largest absolute Gasteiger partial charge is 0.497 e. The van der Waals surface area contributed by atoms with Gasteiger partial charge in [-0.25, -0.2) is 0 Å². The van der Waals surface area contributed by atoms with Gasteiger partial charge in [0.25, 0.3) is 0 Å². The van der Waals surface area contributed by atoms with Crippen molar-refractivity contribution in [3.8, 4) is 5.75 Å². The summed E-state index contributed by atoms with van der Waals surface area (Å²) in [6.45, 7) is 10.3. The predicted octanol–water partition coefficient (Wildman–Crippen LogP) is 3.47. The lowest BCUT2D eigenvalue weighted by Gasteiger charge is -2.37. The third-order valence-electron chi connectivity index (χ3n) is 4.51. The summed E-state index contributed by atoms with van der Waals surface area (Å²) in [6.07, 6.45) is 2.66. The number of ether oxygens (including phenoxy) is 1. The molecule has 0 spiro atoms. The molecule has 1 N–H and O–H groups in total. The summed E-state index contributed by atoms with van der Waals surface area (Å²) in [5, 5.41) is 3.59. The molecule has 1 aliphatic heterocycles. The minimum absolute atomic E-state index is 0.484. The third kappa shape index (κ3) is 4.72. The molecule has 3 heteroatoms. The van der Waals surface area contributed by atoms with Crippen molar-refractivity contribution in [1.82, 2.24) is 10.2 Å². The molecular weight excluding hydrogens is 260 g/mol. The lowest BCUT2D eigenvalue weighted by atomic mass is 9.95. The number of nitrogens with one attached hydrogen (secondary N) is 1. The number of methoxy groups -OCH3 is 1. The molecule has 1 saturated heterocycles. The molecule has 1 heterocycles. The Kier molecular flexibility index (Phi) is 6.07. The molecule has 1 aromatic carbocycles. The highest BCUT2D eigenvalue weighted by molar-refractivity contribution is 5.28. The minimum atomic E-state index is 0.484. The van der Waals surface area contributed by atoms with Crippen LogP contribution < -0.4 is 10.1 Å². The van der Waals surface area contributed by atoms with Crippen LogP contribution in [0, 0.1) is 5.92 Å². The standard InChI is InChI=1S/C18H30N2O/c1-14(2)19-12-16-6-5-11-20(13-16)15(3)17-7-9-18(21-4)10-8-17/h7-10,14-16,19H,5-6,11-13H2,1-4H3. The first-order valence-corrected chi connectivity index (χ1v) is 8.21. The van der Waals surface area contributed by atoms with Crippen molar-refractivity contribution < 1.29 is 4.74 Å². The molecule has 118 valence electrons. The minimum Gasteiger partial charge on any atom is -0.497 e. The van der Waals surface area contributed by atoms with E-state index in [-0.39, 0.29) is 0 Å². The summed E-state index contributed by atoms with van der Waals surface area (Å²) in [5.74, 6) is 1.71. The summed E-state index contributed by atoms with van der Waals surface area (Å²) in [7, 11) is 1.72. The maximum Gasteiger partial charge on any atom is 0.118 e. The highest BCUT2D eigenvalue weighted by Gasteiger charge is 2.24. The van der Waals surface area contributed by atoms with Crippen LogP contribution >= 0.6 is 0 Å². The number of hydrogen-bond donors (Lipinski definition) is 1. The highest BCUT2D eigenvalue weighted by Crippen LogP contribution is 2.27. The molecule has 0 aliphatic carbocycles. The van der Waals surface area contributed by atoms with Crippen LogP contribution in [0.5, 0.6) is 5.75 Å². The molecule has 2 atom stereocenters. The molecule has 0 bridgehead atoms. The SMILES string of the molecule is COc1ccc(C(C)N2CCCC(CNC(C)C)C2)cc1. The molecule has 21 heavy (non-hydrogen) atoms. The van der Waals surface area contributed by atoms with Crippen LogP contribution in [0.4, 0.5) is 0 Å². The summed E-state index contributed by atoms with van der Waals surface area (Å²) in [5.41, 5.74) is 1.38. The van der Waals surface area contributed by atoms with Crippen LogP contribution in [-0.4, -0.2) is 37.7 Å². The van der Waals surface area contributed by atoms with E-state index in [1.165, 1.54) is 31.5 Å². The molecule has 0 saturated carbocycles. The second-order valence-corrected chi connectivity index (χ2v) is 6.52. The van der Waals surface area contributed by atoms with E-state index in [1.54, 1.807) is 7.11 Å². The molecular formula is C18H30N2O. The van der Waals surface area contributed by atoms with Gasteiger partial charge in [0.1, 0.15) is 5.75 Å². The van der Waals surface area contributed by atoms with Crippen molar-refractivity contribution >= 4 is 0 Å². The van der Waals surface area contributed by atoms with Crippen molar-refractivity contribution in [2.45, 2.75) is 45.7 Å². The average Bonchev–Trinajstić information content (AvgIpc) is 2.52. The van der Waals surface area contributed by atoms with Crippen LogP contribution in [-0.2, 0) is 0 Å². The van der Waals surface area contributed by atoms with Gasteiger partial charge in [-0.1, -0.05) is 26.0 Å². The third-order valence-corrected chi connectivity index (χ3v) is 4.51. The zero-order valence-corrected chi connectivity index (χ0v) is 13.9. The maximum atomic E-state index is 5.24. The van der Waals surface area contributed by atoms with Crippen molar-refractivity contribution in [3.63, 3.8) is 0 Å². The Morgan fingerprint density at radius 1 is 1.24 bits per heavy atom. The Morgan fingerprint density at radius 2 is 1.95 bits per heavy atom. The van der Waals surface area contributed by atoms with Crippen LogP contribution in [0.25, 0.3) is 0 Å². The van der Waals surface area contributed by atoms with Gasteiger partial charge in [-0.2, -0.15) is 0 Å². The second-order valence-electron chi connectivity index (χ2n) is 6.52. The van der Waals surface area contributed by atoms with Gasteiger partial charge < -0.3 is 10.1 Å². The van der Waals surface area contributed by atoms with E-state index in [1.807, 2.05) is 0 Å². The Morgan fingerprint density at radius 3 is 2.57 bits per heavy atom. The first-order valence-electron chi connectivity index (χ1n) is 8.21. The van der Waals surface area contributed by atoms with Crippen molar-refractivity contribution in [1.29, 1.82) is 0 Å². The van der Waals surface area contributed by atoms with Gasteiger partial charge in [-0.15, -0.1) is 0 Å². The number of rotatable bonds is 6. The monoisotopic (exact) mass is 290 g/mol. The quantitative estimate of drug-likeness (QED) is 0.868. The topological polar surface area (TPSA) is 24.5 Å². The van der Waals surface area contributed by atoms with E-state index in [0.717, 1.165) is 18.2 Å². The molecule has 1 fully saturated rings. The Labute approximate surface area is 129 Å². The summed E-state index contributed by atoms with van der Waals surface area (Å²) in [6, 6.07) is 9.58. The van der Waals surface area contributed by atoms with E-state index in [9.17, 15) is 0 Å². The molecule has 2 rings (SSSR count). The van der Waals surface area contributed by atoms with Crippen LogP contribution in [0.3, 0.4) is 0 Å². The van der Waals surface area contributed by atoms with E-state index in [2.05, 4.69) is 55.3 Å². The Hall–Kier alpha value is -1.06. The van der Waals surface area contributed by atoms with Gasteiger partial charge in [-0.3, -0.25) is 4.90 Å². The van der Waals surface area contributed by atoms with E-state index in [4.69, 9.17) is 4.74 Å². The summed E-state index contributed by atoms with van der Waals surface area (Å²) >= 11 is 0. The molecule has 0 aromatic heterocycles. The molecule has 1 aromatic rings. The van der Waals surface area contributed by atoms with Gasteiger partial charge in [-0.05, 0) is 56.5 Å². The number of likely N-dealkylation sites (tertiary alicyclic amines) is 1. The molecule has 3 nitrogen and oxygen atoms in total. The molecule has 2 unspecified atom stereocenters. The fourth-order valence-electron chi connectivity index (χ4n) is 3.11. The zero-order chi connectivity index (χ0) is 15.2. The smallest absolute Gasteiger partial charge is 0.118 e. The Bertz CT molecular complexity index is 416. The van der Waals surface area contributed by atoms with Crippen molar-refractivity contribution in [2.24, 2.45) is 5.92 Å². The number of benzene rings is 1. The maximum absolute atomic E-state index is 5.24. The van der Waals surface area contributed by atoms with Gasteiger partial charge >= 0.3 is 0 Å². The van der Waals surface area contributed by atoms with Gasteiger partial charge in [0, 0.05) is 18.6 Å². The molecule has 1 aliphatic rings. The molecule has 0 radical (unpaired) electrons. The Balaban J connectivity index is 1.92. The zero-order valence-electron chi connectivity index (χ0n) is 13.9. The normalized spacial score (nSPS) is 21.5. The van der Waals surface area contributed by atoms with E-state index in [0.29, 0.717) is 12.1 Å².